The summed E-state index contributed by atoms with van der Waals surface area (Å²) in [6.45, 7) is 1.82. The molecule has 1 unspecified atom stereocenters. The summed E-state index contributed by atoms with van der Waals surface area (Å²) in [4.78, 5) is 26.8. The number of halogens is 4. The van der Waals surface area contributed by atoms with Crippen molar-refractivity contribution in [2.75, 3.05) is 4.90 Å². The van der Waals surface area contributed by atoms with Gasteiger partial charge in [0.2, 0.25) is 0 Å². The molecule has 8 heteroatoms. The smallest absolute Gasteiger partial charge is 0.416 e. The molecule has 0 spiro atoms. The molecule has 1 aliphatic heterocycles. The molecule has 0 bridgehead atoms. The molecule has 3 aromatic rings. The van der Waals surface area contributed by atoms with E-state index < -0.39 is 41.0 Å². The number of benzene rings is 3. The maximum Gasteiger partial charge on any atom is 0.416 e. The highest BCUT2D eigenvalue weighted by molar-refractivity contribution is 6.51. The average Bonchev–Trinajstić information content (AvgIpc) is 3.04. The second-order valence-corrected chi connectivity index (χ2v) is 7.64. The van der Waals surface area contributed by atoms with Gasteiger partial charge in [0.05, 0.1) is 17.2 Å². The third kappa shape index (κ3) is 4.11. The predicted molar refractivity (Wildman–Crippen MR) is 114 cm³/mol. The fourth-order valence-corrected chi connectivity index (χ4v) is 3.79. The van der Waals surface area contributed by atoms with Gasteiger partial charge >= 0.3 is 6.18 Å². The number of anilines is 1. The Morgan fingerprint density at radius 2 is 1.61 bits per heavy atom. The van der Waals surface area contributed by atoms with Crippen molar-refractivity contribution in [2.24, 2.45) is 0 Å². The normalized spacial score (nSPS) is 18.1. The molecule has 4 rings (SSSR count). The number of aliphatic hydroxyl groups excluding tert-OH is 1. The Morgan fingerprint density at radius 3 is 2.24 bits per heavy atom. The van der Waals surface area contributed by atoms with Crippen LogP contribution in [0, 0.1) is 12.7 Å². The van der Waals surface area contributed by atoms with Crippen molar-refractivity contribution in [3.63, 3.8) is 0 Å². The fraction of sp³-hybridized carbons (Fsp3) is 0.120. The Morgan fingerprint density at radius 1 is 0.939 bits per heavy atom. The quantitative estimate of drug-likeness (QED) is 0.236. The molecule has 0 aromatic heterocycles. The lowest BCUT2D eigenvalue weighted by atomic mass is 9.94. The molecular formula is C25H17F4NO3. The molecule has 33 heavy (non-hydrogen) atoms. The SMILES string of the molecule is Cc1ccc(/C(O)=C2/C(=O)C(=O)N(c3cccc(C(F)(F)F)c3)C2c2cccc(F)c2)cc1. The zero-order valence-electron chi connectivity index (χ0n) is 17.2. The standard InChI is InChI=1S/C25H17F4NO3/c1-14-8-10-15(11-9-14)22(31)20-21(16-4-2-6-18(26)12-16)30(24(33)23(20)32)19-7-3-5-17(13-19)25(27,28)29/h2-13,21,31H,1H3/b22-20-. The van der Waals surface area contributed by atoms with Crippen LogP contribution in [0.5, 0.6) is 0 Å². The van der Waals surface area contributed by atoms with Crippen LogP contribution in [0.15, 0.2) is 78.4 Å². The highest BCUT2D eigenvalue weighted by atomic mass is 19.4. The first-order valence-corrected chi connectivity index (χ1v) is 9.88. The predicted octanol–water partition coefficient (Wildman–Crippen LogP) is 5.78. The van der Waals surface area contributed by atoms with Gasteiger partial charge in [-0.15, -0.1) is 0 Å². The van der Waals surface area contributed by atoms with Crippen LogP contribution in [0.2, 0.25) is 0 Å². The first kappa shape index (κ1) is 22.3. The van der Waals surface area contributed by atoms with Gasteiger partial charge in [0.15, 0.2) is 0 Å². The highest BCUT2D eigenvalue weighted by Crippen LogP contribution is 2.43. The maximum absolute atomic E-state index is 14.0. The van der Waals surface area contributed by atoms with E-state index in [-0.39, 0.29) is 22.4 Å². The molecule has 0 radical (unpaired) electrons. The van der Waals surface area contributed by atoms with E-state index in [1.807, 2.05) is 6.92 Å². The summed E-state index contributed by atoms with van der Waals surface area (Å²) in [6.07, 6.45) is -4.68. The van der Waals surface area contributed by atoms with E-state index in [0.717, 1.165) is 40.8 Å². The molecule has 168 valence electrons. The molecule has 3 aromatic carbocycles. The van der Waals surface area contributed by atoms with Gasteiger partial charge in [0.25, 0.3) is 11.7 Å². The summed E-state index contributed by atoms with van der Waals surface area (Å²) in [5, 5.41) is 11.0. The van der Waals surface area contributed by atoms with Gasteiger partial charge in [-0.2, -0.15) is 13.2 Å². The summed E-state index contributed by atoms with van der Waals surface area (Å²) < 4.78 is 53.9. The number of Topliss-reactive ketones (excluding diaryl/α,β-unsaturated/α-hetero) is 1. The number of hydrogen-bond donors (Lipinski definition) is 1. The summed E-state index contributed by atoms with van der Waals surface area (Å²) in [6, 6.07) is 14.1. The number of amides is 1. The first-order chi connectivity index (χ1) is 15.6. The summed E-state index contributed by atoms with van der Waals surface area (Å²) in [7, 11) is 0. The van der Waals surface area contributed by atoms with E-state index in [1.54, 1.807) is 24.3 Å². The largest absolute Gasteiger partial charge is 0.507 e. The van der Waals surface area contributed by atoms with Gasteiger partial charge in [-0.25, -0.2) is 4.39 Å². The Balaban J connectivity index is 1.95. The molecule has 1 heterocycles. The van der Waals surface area contributed by atoms with Gasteiger partial charge in [-0.1, -0.05) is 48.0 Å². The topological polar surface area (TPSA) is 57.6 Å². The van der Waals surface area contributed by atoms with Crippen LogP contribution in [-0.4, -0.2) is 16.8 Å². The Labute approximate surface area is 186 Å². The van der Waals surface area contributed by atoms with E-state index in [1.165, 1.54) is 18.2 Å². The number of aliphatic hydroxyl groups is 1. The number of aryl methyl sites for hydroxylation is 1. The lowest BCUT2D eigenvalue weighted by Crippen LogP contribution is -2.29. The lowest BCUT2D eigenvalue weighted by Gasteiger charge is -2.26. The Kier molecular flexibility index (Phi) is 5.53. The number of nitrogens with zero attached hydrogens (tertiary/aromatic N) is 1. The molecule has 4 nitrogen and oxygen atoms in total. The van der Waals surface area contributed by atoms with Gasteiger partial charge in [-0.3, -0.25) is 14.5 Å². The van der Waals surface area contributed by atoms with Crippen molar-refractivity contribution in [3.05, 3.63) is 106 Å². The number of carbonyl (C=O) groups excluding carboxylic acids is 2. The van der Waals surface area contributed by atoms with E-state index in [4.69, 9.17) is 0 Å². The number of rotatable bonds is 3. The molecule has 1 saturated heterocycles. The molecule has 0 saturated carbocycles. The monoisotopic (exact) mass is 455 g/mol. The van der Waals surface area contributed by atoms with Gasteiger partial charge in [-0.05, 0) is 42.8 Å². The molecule has 1 amide bonds. The number of carbonyl (C=O) groups is 2. The third-order valence-electron chi connectivity index (χ3n) is 5.39. The summed E-state index contributed by atoms with van der Waals surface area (Å²) in [5.41, 5.74) is -0.309. The van der Waals surface area contributed by atoms with Gasteiger partial charge < -0.3 is 5.11 Å². The zero-order valence-corrected chi connectivity index (χ0v) is 17.2. The minimum absolute atomic E-state index is 0.125. The summed E-state index contributed by atoms with van der Waals surface area (Å²) >= 11 is 0. The molecular weight excluding hydrogens is 438 g/mol. The second kappa shape index (κ2) is 8.20. The van der Waals surface area contributed by atoms with Crippen molar-refractivity contribution in [2.45, 2.75) is 19.1 Å². The van der Waals surface area contributed by atoms with Crippen molar-refractivity contribution < 1.29 is 32.3 Å². The molecule has 1 fully saturated rings. The van der Waals surface area contributed by atoms with Crippen molar-refractivity contribution in [3.8, 4) is 0 Å². The minimum atomic E-state index is -4.68. The molecule has 1 aliphatic rings. The van der Waals surface area contributed by atoms with E-state index in [0.29, 0.717) is 0 Å². The third-order valence-corrected chi connectivity index (χ3v) is 5.39. The Hall–Kier alpha value is -3.94. The van der Waals surface area contributed by atoms with E-state index >= 15 is 0 Å². The van der Waals surface area contributed by atoms with E-state index in [9.17, 15) is 32.3 Å². The number of ketones is 1. The van der Waals surface area contributed by atoms with Crippen LogP contribution in [0.25, 0.3) is 5.76 Å². The molecule has 1 atom stereocenters. The summed E-state index contributed by atoms with van der Waals surface area (Å²) in [5.74, 6) is -3.38. The average molecular weight is 455 g/mol. The lowest BCUT2D eigenvalue weighted by molar-refractivity contribution is -0.137. The number of hydrogen-bond acceptors (Lipinski definition) is 3. The van der Waals surface area contributed by atoms with Crippen LogP contribution in [0.1, 0.15) is 28.3 Å². The zero-order chi connectivity index (χ0) is 23.9. The Bertz CT molecular complexity index is 1280. The van der Waals surface area contributed by atoms with E-state index in [2.05, 4.69) is 0 Å². The van der Waals surface area contributed by atoms with Crippen LogP contribution < -0.4 is 4.90 Å². The minimum Gasteiger partial charge on any atom is -0.507 e. The van der Waals surface area contributed by atoms with Crippen LogP contribution in [0.3, 0.4) is 0 Å². The van der Waals surface area contributed by atoms with Crippen molar-refractivity contribution >= 4 is 23.1 Å². The molecule has 1 N–H and O–H groups in total. The van der Waals surface area contributed by atoms with Crippen LogP contribution in [-0.2, 0) is 15.8 Å². The molecule has 0 aliphatic carbocycles. The van der Waals surface area contributed by atoms with Crippen LogP contribution >= 0.6 is 0 Å². The number of alkyl halides is 3. The first-order valence-electron chi connectivity index (χ1n) is 9.88. The van der Waals surface area contributed by atoms with Crippen molar-refractivity contribution in [1.82, 2.24) is 0 Å². The van der Waals surface area contributed by atoms with Crippen LogP contribution in [0.4, 0.5) is 23.2 Å². The second-order valence-electron chi connectivity index (χ2n) is 7.64. The van der Waals surface area contributed by atoms with Crippen molar-refractivity contribution in [1.29, 1.82) is 0 Å². The highest BCUT2D eigenvalue weighted by Gasteiger charge is 2.47. The van der Waals surface area contributed by atoms with Gasteiger partial charge in [0.1, 0.15) is 11.6 Å². The fourth-order valence-electron chi connectivity index (χ4n) is 3.79. The van der Waals surface area contributed by atoms with Gasteiger partial charge in [0, 0.05) is 11.3 Å². The maximum atomic E-state index is 14.0.